The van der Waals surface area contributed by atoms with Crippen LogP contribution in [0.1, 0.15) is 0 Å². The minimum absolute atomic E-state index is 0.498. The van der Waals surface area contributed by atoms with Crippen LogP contribution in [0.3, 0.4) is 0 Å². The van der Waals surface area contributed by atoms with Gasteiger partial charge in [0.15, 0.2) is 0 Å². The van der Waals surface area contributed by atoms with Gasteiger partial charge in [-0.2, -0.15) is 10.2 Å². The molecule has 0 spiro atoms. The summed E-state index contributed by atoms with van der Waals surface area (Å²) in [7, 11) is 0. The number of nitrogens with zero attached hydrogens (tertiary/aromatic N) is 4. The number of nitrogens with one attached hydrogen (secondary N) is 2. The monoisotopic (exact) mass is 536 g/mol. The van der Waals surface area contributed by atoms with Crippen LogP contribution in [-0.4, -0.2) is 31.5 Å². The number of hydrogen-bond acceptors (Lipinski definition) is 7. The molecule has 0 radical (unpaired) electrons. The molecule has 0 saturated carbocycles. The van der Waals surface area contributed by atoms with E-state index >= 15 is 0 Å². The summed E-state index contributed by atoms with van der Waals surface area (Å²) in [6, 6.07) is 32.6. The standard InChI is InChI=1S/C29H24N6OS2/c36-29(32-30-17-19-34-21-9-1-5-13-25(21)37-26-14-6-2-10-22(26)34)33-31-18-20-35-23-11-3-7-15-27(23)38-28-16-8-4-12-24(28)35/h1-18H,19-20H2,(H2,32,33,36)/b30-17+,31-18+. The number of urea groups is 1. The molecule has 188 valence electrons. The fraction of sp³-hybridized carbons (Fsp3) is 0.0690. The van der Waals surface area contributed by atoms with E-state index in [-0.39, 0.29) is 0 Å². The Balaban J connectivity index is 1.05. The molecule has 0 saturated heterocycles. The third-order valence-electron chi connectivity index (χ3n) is 6.11. The van der Waals surface area contributed by atoms with Gasteiger partial charge >= 0.3 is 6.03 Å². The van der Waals surface area contributed by atoms with Gasteiger partial charge in [0.2, 0.25) is 0 Å². The molecule has 7 nitrogen and oxygen atoms in total. The Morgan fingerprint density at radius 1 is 0.579 bits per heavy atom. The first kappa shape index (κ1) is 24.1. The first-order valence-electron chi connectivity index (χ1n) is 12.1. The van der Waals surface area contributed by atoms with Crippen LogP contribution < -0.4 is 20.7 Å². The predicted molar refractivity (Wildman–Crippen MR) is 157 cm³/mol. The number of fused-ring (bicyclic) bond motifs is 4. The third kappa shape index (κ3) is 4.98. The van der Waals surface area contributed by atoms with E-state index in [4.69, 9.17) is 0 Å². The molecular formula is C29H24N6OS2. The minimum Gasteiger partial charge on any atom is -0.334 e. The maximum atomic E-state index is 12.3. The number of carbonyl (C=O) groups excluding carboxylic acids is 1. The zero-order chi connectivity index (χ0) is 25.7. The number of anilines is 4. The highest BCUT2D eigenvalue weighted by Crippen LogP contribution is 2.48. The van der Waals surface area contributed by atoms with Crippen LogP contribution in [0.5, 0.6) is 0 Å². The van der Waals surface area contributed by atoms with Crippen molar-refractivity contribution < 1.29 is 4.79 Å². The SMILES string of the molecule is O=C(N/N=C/CN1c2ccccc2Sc2ccccc21)N/N=C/CN1c2ccccc2Sc2ccccc21. The van der Waals surface area contributed by atoms with Crippen LogP contribution in [0.4, 0.5) is 27.5 Å². The Morgan fingerprint density at radius 2 is 0.895 bits per heavy atom. The minimum atomic E-state index is -0.498. The summed E-state index contributed by atoms with van der Waals surface area (Å²) in [6.45, 7) is 1.04. The Kier molecular flexibility index (Phi) is 7.01. The molecule has 2 N–H and O–H groups in total. The Morgan fingerprint density at radius 3 is 1.24 bits per heavy atom. The van der Waals surface area contributed by atoms with Crippen molar-refractivity contribution in [3.8, 4) is 0 Å². The summed E-state index contributed by atoms with van der Waals surface area (Å²) in [5.74, 6) is 0. The van der Waals surface area contributed by atoms with Gasteiger partial charge in [-0.25, -0.2) is 15.6 Å². The van der Waals surface area contributed by atoms with Gasteiger partial charge in [-0.1, -0.05) is 72.1 Å². The van der Waals surface area contributed by atoms with Crippen molar-refractivity contribution in [1.29, 1.82) is 0 Å². The number of para-hydroxylation sites is 4. The zero-order valence-corrected chi connectivity index (χ0v) is 22.0. The topological polar surface area (TPSA) is 72.3 Å². The highest BCUT2D eigenvalue weighted by molar-refractivity contribution is 8.00. The molecule has 2 aliphatic rings. The van der Waals surface area contributed by atoms with E-state index in [9.17, 15) is 4.79 Å². The van der Waals surface area contributed by atoms with Crippen molar-refractivity contribution >= 4 is 64.7 Å². The van der Waals surface area contributed by atoms with Gasteiger partial charge in [-0.05, 0) is 48.5 Å². The molecule has 0 aliphatic carbocycles. The van der Waals surface area contributed by atoms with Crippen LogP contribution >= 0.6 is 23.5 Å². The lowest BCUT2D eigenvalue weighted by Crippen LogP contribution is -2.30. The van der Waals surface area contributed by atoms with E-state index in [1.165, 1.54) is 19.6 Å². The van der Waals surface area contributed by atoms with Crippen LogP contribution in [0.15, 0.2) is 127 Å². The largest absolute Gasteiger partial charge is 0.355 e. The second kappa shape index (κ2) is 11.0. The summed E-state index contributed by atoms with van der Waals surface area (Å²) in [5, 5.41) is 8.23. The normalized spacial score (nSPS) is 13.6. The average Bonchev–Trinajstić information content (AvgIpc) is 2.96. The summed E-state index contributed by atoms with van der Waals surface area (Å²) >= 11 is 3.52. The van der Waals surface area contributed by atoms with E-state index in [2.05, 4.69) is 79.4 Å². The van der Waals surface area contributed by atoms with Gasteiger partial charge in [-0.3, -0.25) is 0 Å². The third-order valence-corrected chi connectivity index (χ3v) is 8.37. The Labute approximate surface area is 229 Å². The number of rotatable bonds is 6. The molecule has 0 aromatic heterocycles. The molecule has 0 fully saturated rings. The Hall–Kier alpha value is -4.21. The van der Waals surface area contributed by atoms with Crippen LogP contribution in [0.25, 0.3) is 0 Å². The Bertz CT molecular complexity index is 1340. The zero-order valence-electron chi connectivity index (χ0n) is 20.3. The van der Waals surface area contributed by atoms with Gasteiger partial charge in [-0.15, -0.1) is 0 Å². The van der Waals surface area contributed by atoms with Gasteiger partial charge in [0, 0.05) is 32.0 Å². The van der Waals surface area contributed by atoms with Crippen molar-refractivity contribution in [1.82, 2.24) is 10.9 Å². The molecule has 6 rings (SSSR count). The first-order chi connectivity index (χ1) is 18.8. The molecule has 4 aromatic rings. The van der Waals surface area contributed by atoms with Crippen molar-refractivity contribution in [2.75, 3.05) is 22.9 Å². The lowest BCUT2D eigenvalue weighted by molar-refractivity contribution is 0.242. The fourth-order valence-electron chi connectivity index (χ4n) is 4.43. The number of hydrazone groups is 2. The lowest BCUT2D eigenvalue weighted by Gasteiger charge is -2.31. The number of amides is 2. The van der Waals surface area contributed by atoms with Crippen molar-refractivity contribution in [3.05, 3.63) is 97.1 Å². The van der Waals surface area contributed by atoms with Crippen LogP contribution in [-0.2, 0) is 0 Å². The molecule has 0 atom stereocenters. The van der Waals surface area contributed by atoms with Crippen LogP contribution in [0, 0.1) is 0 Å². The van der Waals surface area contributed by atoms with E-state index in [1.54, 1.807) is 36.0 Å². The molecular weight excluding hydrogens is 512 g/mol. The van der Waals surface area contributed by atoms with Gasteiger partial charge in [0.05, 0.1) is 35.8 Å². The first-order valence-corrected chi connectivity index (χ1v) is 13.8. The summed E-state index contributed by atoms with van der Waals surface area (Å²) < 4.78 is 0. The molecule has 4 aromatic carbocycles. The second-order valence-electron chi connectivity index (χ2n) is 8.47. The molecule has 0 unspecified atom stereocenters. The number of hydrogen-bond donors (Lipinski definition) is 2. The summed E-state index contributed by atoms with van der Waals surface area (Å²) in [4.78, 5) is 21.4. The van der Waals surface area contributed by atoms with E-state index in [0.29, 0.717) is 13.1 Å². The second-order valence-corrected chi connectivity index (χ2v) is 10.6. The lowest BCUT2D eigenvalue weighted by atomic mass is 10.2. The van der Waals surface area contributed by atoms with E-state index in [1.807, 2.05) is 48.5 Å². The maximum Gasteiger partial charge on any atom is 0.355 e. The summed E-state index contributed by atoms with van der Waals surface area (Å²) in [5.41, 5.74) is 9.48. The summed E-state index contributed by atoms with van der Waals surface area (Å²) in [6.07, 6.45) is 3.37. The molecule has 2 aliphatic heterocycles. The number of benzene rings is 4. The maximum absolute atomic E-state index is 12.3. The highest BCUT2D eigenvalue weighted by atomic mass is 32.2. The van der Waals surface area contributed by atoms with Crippen molar-refractivity contribution in [2.24, 2.45) is 10.2 Å². The predicted octanol–water partition coefficient (Wildman–Crippen LogP) is 6.86. The van der Waals surface area contributed by atoms with Gasteiger partial charge < -0.3 is 9.80 Å². The molecule has 9 heteroatoms. The quantitative estimate of drug-likeness (QED) is 0.208. The van der Waals surface area contributed by atoms with E-state index in [0.717, 1.165) is 22.7 Å². The smallest absolute Gasteiger partial charge is 0.334 e. The van der Waals surface area contributed by atoms with Crippen molar-refractivity contribution in [2.45, 2.75) is 19.6 Å². The van der Waals surface area contributed by atoms with Gasteiger partial charge in [0.25, 0.3) is 0 Å². The highest BCUT2D eigenvalue weighted by Gasteiger charge is 2.23. The van der Waals surface area contributed by atoms with Gasteiger partial charge in [0.1, 0.15) is 0 Å². The van der Waals surface area contributed by atoms with Crippen molar-refractivity contribution in [3.63, 3.8) is 0 Å². The average molecular weight is 537 g/mol. The molecule has 2 heterocycles. The van der Waals surface area contributed by atoms with Crippen LogP contribution in [0.2, 0.25) is 0 Å². The molecule has 38 heavy (non-hydrogen) atoms. The molecule has 0 bridgehead atoms. The van der Waals surface area contributed by atoms with E-state index < -0.39 is 6.03 Å². The fourth-order valence-corrected chi connectivity index (χ4v) is 6.63. The number of carbonyl (C=O) groups is 1. The molecule has 2 amide bonds.